The van der Waals surface area contributed by atoms with E-state index >= 15 is 0 Å². The van der Waals surface area contributed by atoms with Gasteiger partial charge in [-0.1, -0.05) is 30.7 Å². The molecule has 1 aliphatic rings. The summed E-state index contributed by atoms with van der Waals surface area (Å²) in [5.74, 6) is 0.347. The van der Waals surface area contributed by atoms with Crippen LogP contribution in [-0.4, -0.2) is 30.3 Å². The Balaban J connectivity index is 2.40. The standard InChI is InChI=1S/C14H19ClN2O2S2/c1-9-4-3-7-17(10(9)2)21(18,19)11-5-6-12(14(16)20)13(15)8-11/h5-6,8-10H,3-4,7H2,1-2H3,(H2,16,20). The van der Waals surface area contributed by atoms with Gasteiger partial charge in [-0.15, -0.1) is 0 Å². The highest BCUT2D eigenvalue weighted by molar-refractivity contribution is 7.89. The second kappa shape index (κ2) is 6.20. The maximum absolute atomic E-state index is 12.8. The number of hydrogen-bond acceptors (Lipinski definition) is 3. The van der Waals surface area contributed by atoms with Crippen molar-refractivity contribution in [3.8, 4) is 0 Å². The summed E-state index contributed by atoms with van der Waals surface area (Å²) in [5.41, 5.74) is 6.04. The van der Waals surface area contributed by atoms with Gasteiger partial charge in [-0.2, -0.15) is 4.31 Å². The van der Waals surface area contributed by atoms with Crippen molar-refractivity contribution in [3.63, 3.8) is 0 Å². The summed E-state index contributed by atoms with van der Waals surface area (Å²) in [6.07, 6.45) is 1.93. The minimum Gasteiger partial charge on any atom is -0.389 e. The Kier molecular flexibility index (Phi) is 4.92. The molecule has 2 atom stereocenters. The molecule has 116 valence electrons. The zero-order valence-electron chi connectivity index (χ0n) is 12.0. The van der Waals surface area contributed by atoms with Gasteiger partial charge in [-0.3, -0.25) is 0 Å². The molecule has 7 heteroatoms. The average Bonchev–Trinajstić information content (AvgIpc) is 2.41. The van der Waals surface area contributed by atoms with Crippen molar-refractivity contribution < 1.29 is 8.42 Å². The monoisotopic (exact) mass is 346 g/mol. The molecule has 0 saturated carbocycles. The molecular formula is C14H19ClN2O2S2. The number of nitrogens with zero attached hydrogens (tertiary/aromatic N) is 1. The molecule has 1 aliphatic heterocycles. The molecule has 0 spiro atoms. The third kappa shape index (κ3) is 3.23. The minimum absolute atomic E-state index is 0.0159. The van der Waals surface area contributed by atoms with Crippen molar-refractivity contribution in [2.75, 3.05) is 6.54 Å². The van der Waals surface area contributed by atoms with E-state index in [0.717, 1.165) is 12.8 Å². The first kappa shape index (κ1) is 16.7. The first-order valence-corrected chi connectivity index (χ1v) is 9.09. The van der Waals surface area contributed by atoms with E-state index in [1.54, 1.807) is 10.4 Å². The Morgan fingerprint density at radius 1 is 1.43 bits per heavy atom. The van der Waals surface area contributed by atoms with Crippen LogP contribution in [0.4, 0.5) is 0 Å². The van der Waals surface area contributed by atoms with Crippen molar-refractivity contribution in [2.24, 2.45) is 11.7 Å². The number of halogens is 1. The molecule has 2 N–H and O–H groups in total. The van der Waals surface area contributed by atoms with Crippen molar-refractivity contribution in [1.82, 2.24) is 4.31 Å². The van der Waals surface area contributed by atoms with Gasteiger partial charge in [-0.25, -0.2) is 8.42 Å². The van der Waals surface area contributed by atoms with Gasteiger partial charge in [0.05, 0.1) is 9.92 Å². The summed E-state index contributed by atoms with van der Waals surface area (Å²) in [5, 5.41) is 0.265. The summed E-state index contributed by atoms with van der Waals surface area (Å²) in [7, 11) is -3.54. The van der Waals surface area contributed by atoms with Crippen LogP contribution in [0.5, 0.6) is 0 Å². The highest BCUT2D eigenvalue weighted by atomic mass is 35.5. The number of sulfonamides is 1. The van der Waals surface area contributed by atoms with Gasteiger partial charge in [0.1, 0.15) is 4.99 Å². The number of hydrogen-bond donors (Lipinski definition) is 1. The number of rotatable bonds is 3. The predicted molar refractivity (Wildman–Crippen MR) is 89.1 cm³/mol. The highest BCUT2D eigenvalue weighted by Crippen LogP contribution is 2.30. The Bertz CT molecular complexity index is 661. The van der Waals surface area contributed by atoms with E-state index in [4.69, 9.17) is 29.6 Å². The molecule has 1 fully saturated rings. The average molecular weight is 347 g/mol. The van der Waals surface area contributed by atoms with Gasteiger partial charge in [0, 0.05) is 18.2 Å². The Labute approximate surface area is 136 Å². The molecule has 2 unspecified atom stereocenters. The lowest BCUT2D eigenvalue weighted by molar-refractivity contribution is 0.202. The zero-order valence-corrected chi connectivity index (χ0v) is 14.4. The summed E-state index contributed by atoms with van der Waals surface area (Å²) in [6.45, 7) is 4.57. The van der Waals surface area contributed by atoms with E-state index in [9.17, 15) is 8.42 Å². The van der Waals surface area contributed by atoms with E-state index < -0.39 is 10.0 Å². The fraction of sp³-hybridized carbons (Fsp3) is 0.500. The van der Waals surface area contributed by atoms with Crippen LogP contribution in [0.2, 0.25) is 5.02 Å². The van der Waals surface area contributed by atoms with Gasteiger partial charge in [-0.05, 0) is 43.9 Å². The van der Waals surface area contributed by atoms with Crippen molar-refractivity contribution in [3.05, 3.63) is 28.8 Å². The van der Waals surface area contributed by atoms with Gasteiger partial charge in [0.15, 0.2) is 0 Å². The van der Waals surface area contributed by atoms with Crippen molar-refractivity contribution in [1.29, 1.82) is 0 Å². The Morgan fingerprint density at radius 2 is 2.10 bits per heavy atom. The lowest BCUT2D eigenvalue weighted by Crippen LogP contribution is -2.45. The molecule has 0 radical (unpaired) electrons. The maximum Gasteiger partial charge on any atom is 0.243 e. The van der Waals surface area contributed by atoms with Crippen LogP contribution in [0, 0.1) is 5.92 Å². The molecule has 1 aromatic carbocycles. The molecular weight excluding hydrogens is 328 g/mol. The van der Waals surface area contributed by atoms with Gasteiger partial charge < -0.3 is 5.73 Å². The van der Waals surface area contributed by atoms with E-state index in [-0.39, 0.29) is 20.9 Å². The summed E-state index contributed by atoms with van der Waals surface area (Å²) in [6, 6.07) is 4.49. The van der Waals surface area contributed by atoms with Crippen LogP contribution in [0.15, 0.2) is 23.1 Å². The molecule has 1 heterocycles. The Morgan fingerprint density at radius 3 is 2.67 bits per heavy atom. The third-order valence-corrected chi connectivity index (χ3v) is 6.64. The van der Waals surface area contributed by atoms with E-state index in [1.807, 2.05) is 6.92 Å². The highest BCUT2D eigenvalue weighted by Gasteiger charge is 2.34. The molecule has 0 aliphatic carbocycles. The van der Waals surface area contributed by atoms with Crippen LogP contribution in [0.1, 0.15) is 32.3 Å². The molecule has 2 rings (SSSR count). The number of benzene rings is 1. The lowest BCUT2D eigenvalue weighted by atomic mass is 9.94. The second-order valence-electron chi connectivity index (χ2n) is 5.48. The molecule has 1 saturated heterocycles. The van der Waals surface area contributed by atoms with Crippen LogP contribution in [-0.2, 0) is 10.0 Å². The van der Waals surface area contributed by atoms with Gasteiger partial charge in [0.25, 0.3) is 0 Å². The van der Waals surface area contributed by atoms with Crippen molar-refractivity contribution >= 4 is 38.8 Å². The molecule has 0 amide bonds. The third-order valence-electron chi connectivity index (χ3n) is 4.13. The van der Waals surface area contributed by atoms with E-state index in [1.165, 1.54) is 12.1 Å². The van der Waals surface area contributed by atoms with E-state index in [0.29, 0.717) is 18.0 Å². The minimum atomic E-state index is -3.54. The van der Waals surface area contributed by atoms with Crippen LogP contribution >= 0.6 is 23.8 Å². The van der Waals surface area contributed by atoms with Gasteiger partial charge in [0.2, 0.25) is 10.0 Å². The summed E-state index contributed by atoms with van der Waals surface area (Å²) in [4.78, 5) is 0.345. The predicted octanol–water partition coefficient (Wildman–Crippen LogP) is 2.78. The first-order valence-electron chi connectivity index (χ1n) is 6.86. The summed E-state index contributed by atoms with van der Waals surface area (Å²) < 4.78 is 27.1. The fourth-order valence-electron chi connectivity index (χ4n) is 2.63. The molecule has 1 aromatic rings. The maximum atomic E-state index is 12.8. The topological polar surface area (TPSA) is 63.4 Å². The molecule has 4 nitrogen and oxygen atoms in total. The second-order valence-corrected chi connectivity index (χ2v) is 8.22. The number of piperidine rings is 1. The molecule has 0 bridgehead atoms. The van der Waals surface area contributed by atoms with Gasteiger partial charge >= 0.3 is 0 Å². The van der Waals surface area contributed by atoms with Crippen molar-refractivity contribution in [2.45, 2.75) is 37.6 Å². The molecule has 21 heavy (non-hydrogen) atoms. The quantitative estimate of drug-likeness (QED) is 0.855. The summed E-state index contributed by atoms with van der Waals surface area (Å²) >= 11 is 11.0. The van der Waals surface area contributed by atoms with Crippen LogP contribution in [0.3, 0.4) is 0 Å². The van der Waals surface area contributed by atoms with Crippen LogP contribution in [0.25, 0.3) is 0 Å². The molecule has 0 aromatic heterocycles. The SMILES string of the molecule is CC1CCCN(S(=O)(=O)c2ccc(C(N)=S)c(Cl)c2)C1C. The number of nitrogens with two attached hydrogens (primary N) is 1. The Hall–Kier alpha value is -0.690. The number of thiocarbonyl (C=S) groups is 1. The van der Waals surface area contributed by atoms with E-state index in [2.05, 4.69) is 6.92 Å². The first-order chi connectivity index (χ1) is 9.75. The largest absolute Gasteiger partial charge is 0.389 e. The lowest BCUT2D eigenvalue weighted by Gasteiger charge is -2.36. The zero-order chi connectivity index (χ0) is 15.8. The smallest absolute Gasteiger partial charge is 0.243 e. The fourth-order valence-corrected chi connectivity index (χ4v) is 5.00. The normalized spacial score (nSPS) is 24.0. The van der Waals surface area contributed by atoms with Crippen LogP contribution < -0.4 is 5.73 Å².